The molecule has 46 heavy (non-hydrogen) atoms. The number of allylic oxidation sites excluding steroid dienone is 22. The van der Waals surface area contributed by atoms with Crippen LogP contribution in [0.15, 0.2) is 134 Å². The van der Waals surface area contributed by atoms with E-state index in [2.05, 4.69) is 135 Å². The van der Waals surface area contributed by atoms with E-state index in [4.69, 9.17) is 10.2 Å². The van der Waals surface area contributed by atoms with Crippen LogP contribution >= 0.6 is 0 Å². The number of unbranched alkanes of at least 4 members (excludes halogenated alkanes) is 1. The highest BCUT2D eigenvalue weighted by atomic mass is 16.4. The molecule has 0 aromatic carbocycles. The fraction of sp³-hybridized carbons (Fsp3) is 0.429. The van der Waals surface area contributed by atoms with Crippen molar-refractivity contribution in [3.8, 4) is 0 Å². The lowest BCUT2D eigenvalue weighted by Crippen LogP contribution is -1.92. The summed E-state index contributed by atoms with van der Waals surface area (Å²) in [5.41, 5.74) is 0. The first-order chi connectivity index (χ1) is 22.5. The molecule has 0 aromatic rings. The molecule has 4 heteroatoms. The molecule has 2 N–H and O–H groups in total. The van der Waals surface area contributed by atoms with Gasteiger partial charge < -0.3 is 10.2 Å². The summed E-state index contributed by atoms with van der Waals surface area (Å²) in [5.74, 6) is -1.46. The SMILES string of the molecule is CC/C=C\C/C=C\C/C=C\C/C=C\C/C=C\C/C=C\CCC(=O)O.CC/C=C\C/C=C\C/C=C\C/C=C\C/C=C\CCCC(=O)O. The second kappa shape index (κ2) is 41.1. The summed E-state index contributed by atoms with van der Waals surface area (Å²) < 4.78 is 0. The number of rotatable bonds is 27. The van der Waals surface area contributed by atoms with Crippen molar-refractivity contribution in [3.63, 3.8) is 0 Å². The summed E-state index contributed by atoms with van der Waals surface area (Å²) in [6, 6.07) is 0. The van der Waals surface area contributed by atoms with Crippen LogP contribution in [0, 0.1) is 0 Å². The highest BCUT2D eigenvalue weighted by Crippen LogP contribution is 2.00. The van der Waals surface area contributed by atoms with E-state index in [1.165, 1.54) is 0 Å². The van der Waals surface area contributed by atoms with Crippen LogP contribution in [0.2, 0.25) is 0 Å². The van der Waals surface area contributed by atoms with E-state index < -0.39 is 11.9 Å². The standard InChI is InChI=1S/C22H32O2.C20H30O2/c1-2-3-4-5-6-7-8-9-10-11-12-13-14-15-16-17-18-19-20-21-22(23)24;1-2-3-4-5-6-7-8-9-10-11-12-13-14-15-16-17-18-19-20(21)22/h3-4,6-7,9-10,12-13,15-16,18-19H,2,5,8,11,14,17,20-21H2,1H3,(H,23,24);3-4,6-7,9-10,12-13,15-16H,2,5,8,11,14,17-19H2,1H3,(H,21,22)/b4-3-,7-6-,10-9-,13-12-,16-15-,19-18-;4-3-,7-6-,10-9-,13-12-,16-15-. The highest BCUT2D eigenvalue weighted by molar-refractivity contribution is 5.67. The summed E-state index contributed by atoms with van der Waals surface area (Å²) in [6.07, 6.45) is 60.9. The molecule has 0 rings (SSSR count). The van der Waals surface area contributed by atoms with E-state index in [0.29, 0.717) is 6.42 Å². The van der Waals surface area contributed by atoms with Crippen molar-refractivity contribution < 1.29 is 19.8 Å². The van der Waals surface area contributed by atoms with Gasteiger partial charge in [-0.2, -0.15) is 0 Å². The van der Waals surface area contributed by atoms with Gasteiger partial charge in [0, 0.05) is 12.8 Å². The molecule has 0 atom stereocenters. The number of hydrogen-bond donors (Lipinski definition) is 2. The van der Waals surface area contributed by atoms with Gasteiger partial charge in [-0.15, -0.1) is 0 Å². The molecule has 4 nitrogen and oxygen atoms in total. The molecule has 0 unspecified atom stereocenters. The molecule has 0 amide bonds. The van der Waals surface area contributed by atoms with E-state index in [9.17, 15) is 9.59 Å². The second-order valence-corrected chi connectivity index (χ2v) is 10.3. The Labute approximate surface area is 281 Å². The maximum absolute atomic E-state index is 10.3. The first-order valence-corrected chi connectivity index (χ1v) is 17.1. The lowest BCUT2D eigenvalue weighted by molar-refractivity contribution is -0.138. The topological polar surface area (TPSA) is 74.6 Å². The maximum atomic E-state index is 10.3. The van der Waals surface area contributed by atoms with Crippen molar-refractivity contribution in [1.29, 1.82) is 0 Å². The molecule has 254 valence electrons. The summed E-state index contributed by atoms with van der Waals surface area (Å²) in [4.78, 5) is 20.6. The average molecular weight is 631 g/mol. The van der Waals surface area contributed by atoms with Gasteiger partial charge in [-0.05, 0) is 89.9 Å². The molecule has 0 aromatic heterocycles. The van der Waals surface area contributed by atoms with Gasteiger partial charge in [0.1, 0.15) is 0 Å². The smallest absolute Gasteiger partial charge is 0.303 e. The fourth-order valence-electron chi connectivity index (χ4n) is 3.59. The summed E-state index contributed by atoms with van der Waals surface area (Å²) in [6.45, 7) is 4.29. The first kappa shape index (κ1) is 44.2. The molecular formula is C42H62O4. The maximum Gasteiger partial charge on any atom is 0.303 e. The number of carboxylic acids is 2. The van der Waals surface area contributed by atoms with Gasteiger partial charge in [-0.25, -0.2) is 0 Å². The largest absolute Gasteiger partial charge is 0.481 e. The lowest BCUT2D eigenvalue weighted by Gasteiger charge is -1.89. The predicted molar refractivity (Wildman–Crippen MR) is 201 cm³/mol. The Balaban J connectivity index is 0. The van der Waals surface area contributed by atoms with Crippen molar-refractivity contribution in [2.24, 2.45) is 0 Å². The number of carbonyl (C=O) groups is 2. The minimum Gasteiger partial charge on any atom is -0.481 e. The van der Waals surface area contributed by atoms with Crippen LogP contribution in [0.25, 0.3) is 0 Å². The molecule has 0 radical (unpaired) electrons. The van der Waals surface area contributed by atoms with Gasteiger partial charge in [-0.3, -0.25) is 9.59 Å². The molecule has 0 fully saturated rings. The highest BCUT2D eigenvalue weighted by Gasteiger charge is 1.92. The Morgan fingerprint density at radius 1 is 0.348 bits per heavy atom. The van der Waals surface area contributed by atoms with Crippen molar-refractivity contribution >= 4 is 11.9 Å². The monoisotopic (exact) mass is 630 g/mol. The third-order valence-electron chi connectivity index (χ3n) is 6.04. The second-order valence-electron chi connectivity index (χ2n) is 10.3. The molecule has 0 bridgehead atoms. The Morgan fingerprint density at radius 2 is 0.587 bits per heavy atom. The van der Waals surface area contributed by atoms with E-state index in [0.717, 1.165) is 83.5 Å². The minimum absolute atomic E-state index is 0.210. The van der Waals surface area contributed by atoms with Gasteiger partial charge in [0.25, 0.3) is 0 Å². The predicted octanol–water partition coefficient (Wildman–Crippen LogP) is 12.5. The van der Waals surface area contributed by atoms with Crippen LogP contribution in [-0.2, 0) is 9.59 Å². The molecule has 0 saturated heterocycles. The minimum atomic E-state index is -0.741. The van der Waals surface area contributed by atoms with Crippen molar-refractivity contribution in [1.82, 2.24) is 0 Å². The van der Waals surface area contributed by atoms with Crippen LogP contribution in [0.3, 0.4) is 0 Å². The molecule has 0 spiro atoms. The summed E-state index contributed by atoms with van der Waals surface area (Å²) in [5, 5.41) is 17.0. The number of aliphatic carboxylic acids is 2. The Bertz CT molecular complexity index is 1030. The molecule has 0 aliphatic heterocycles. The van der Waals surface area contributed by atoms with Crippen molar-refractivity contribution in [3.05, 3.63) is 134 Å². The Morgan fingerprint density at radius 3 is 0.848 bits per heavy atom. The average Bonchev–Trinajstić information content (AvgIpc) is 3.03. The number of hydrogen-bond acceptors (Lipinski definition) is 2. The van der Waals surface area contributed by atoms with Gasteiger partial charge in [-0.1, -0.05) is 148 Å². The van der Waals surface area contributed by atoms with Gasteiger partial charge >= 0.3 is 11.9 Å². The Kier molecular flexibility index (Phi) is 39.5. The fourth-order valence-corrected chi connectivity index (χ4v) is 3.59. The third-order valence-corrected chi connectivity index (χ3v) is 6.04. The zero-order valence-corrected chi connectivity index (χ0v) is 28.7. The molecule has 0 heterocycles. The summed E-state index contributed by atoms with van der Waals surface area (Å²) >= 11 is 0. The van der Waals surface area contributed by atoms with Crippen LogP contribution in [0.5, 0.6) is 0 Å². The molecule has 0 saturated carbocycles. The zero-order chi connectivity index (χ0) is 34.0. The molecular weight excluding hydrogens is 568 g/mol. The quantitative estimate of drug-likeness (QED) is 0.0699. The zero-order valence-electron chi connectivity index (χ0n) is 28.7. The summed E-state index contributed by atoms with van der Waals surface area (Å²) in [7, 11) is 0. The van der Waals surface area contributed by atoms with Crippen LogP contribution < -0.4 is 0 Å². The van der Waals surface area contributed by atoms with Crippen LogP contribution in [0.1, 0.15) is 117 Å². The molecule has 0 aliphatic rings. The van der Waals surface area contributed by atoms with Gasteiger partial charge in [0.15, 0.2) is 0 Å². The van der Waals surface area contributed by atoms with Gasteiger partial charge in [0.2, 0.25) is 0 Å². The molecule has 0 aliphatic carbocycles. The van der Waals surface area contributed by atoms with Crippen molar-refractivity contribution in [2.45, 2.75) is 117 Å². The van der Waals surface area contributed by atoms with E-state index in [1.54, 1.807) is 0 Å². The normalized spacial score (nSPS) is 12.9. The van der Waals surface area contributed by atoms with Crippen LogP contribution in [-0.4, -0.2) is 22.2 Å². The lowest BCUT2D eigenvalue weighted by atomic mass is 10.2. The number of carboxylic acid groups (broad SMARTS) is 2. The van der Waals surface area contributed by atoms with E-state index in [-0.39, 0.29) is 12.8 Å². The third kappa shape index (κ3) is 47.0. The van der Waals surface area contributed by atoms with Crippen LogP contribution in [0.4, 0.5) is 0 Å². The Hall–Kier alpha value is -3.92. The van der Waals surface area contributed by atoms with E-state index in [1.807, 2.05) is 12.2 Å². The van der Waals surface area contributed by atoms with Crippen molar-refractivity contribution in [2.75, 3.05) is 0 Å². The first-order valence-electron chi connectivity index (χ1n) is 17.1. The van der Waals surface area contributed by atoms with Gasteiger partial charge in [0.05, 0.1) is 0 Å². The van der Waals surface area contributed by atoms with E-state index >= 15 is 0 Å².